The highest BCUT2D eigenvalue weighted by molar-refractivity contribution is 9.10. The molecule has 0 bridgehead atoms. The molecule has 1 atom stereocenters. The lowest BCUT2D eigenvalue weighted by Gasteiger charge is -2.36. The maximum Gasteiger partial charge on any atom is 0.308 e. The first kappa shape index (κ1) is 24.1. The number of hydrogen-bond acceptors (Lipinski definition) is 5. The van der Waals surface area contributed by atoms with Gasteiger partial charge in [-0.3, -0.25) is 9.59 Å². The van der Waals surface area contributed by atoms with Crippen LogP contribution in [-0.4, -0.2) is 37.8 Å². The summed E-state index contributed by atoms with van der Waals surface area (Å²) in [6.45, 7) is -0.228. The van der Waals surface area contributed by atoms with Crippen LogP contribution in [0.15, 0.2) is 88.2 Å². The molecule has 176 valence electrons. The maximum atomic E-state index is 13.4. The number of ether oxygens (including phenoxy) is 1. The van der Waals surface area contributed by atoms with Gasteiger partial charge in [0.25, 0.3) is 5.91 Å². The Hall–Kier alpha value is -3.01. The average Bonchev–Trinajstić information content (AvgIpc) is 2.85. The molecule has 3 aromatic carbocycles. The molecule has 9 heteroatoms. The number of fused-ring (bicyclic) bond motifs is 1. The van der Waals surface area contributed by atoms with Gasteiger partial charge in [-0.2, -0.15) is 4.31 Å². The van der Waals surface area contributed by atoms with Crippen molar-refractivity contribution in [3.8, 4) is 0 Å². The topological polar surface area (TPSA) is 92.8 Å². The number of hydrogen-bond donors (Lipinski definition) is 1. The molecular formula is C25H23BrN2O5S. The number of carbonyl (C=O) groups excluding carboxylic acids is 2. The van der Waals surface area contributed by atoms with Gasteiger partial charge in [0.15, 0.2) is 6.61 Å². The zero-order chi connectivity index (χ0) is 24.1. The Morgan fingerprint density at radius 1 is 0.971 bits per heavy atom. The number of nitrogens with zero attached hydrogens (tertiary/aromatic N) is 1. The van der Waals surface area contributed by atoms with E-state index in [1.54, 1.807) is 36.4 Å². The first-order valence-electron chi connectivity index (χ1n) is 10.7. The monoisotopic (exact) mass is 542 g/mol. The highest BCUT2D eigenvalue weighted by atomic mass is 79.9. The second kappa shape index (κ2) is 10.5. The van der Waals surface area contributed by atoms with Crippen LogP contribution in [0.25, 0.3) is 0 Å². The highest BCUT2D eigenvalue weighted by Crippen LogP contribution is 2.36. The second-order valence-corrected chi connectivity index (χ2v) is 10.5. The molecule has 7 nitrogen and oxygen atoms in total. The number of halogens is 1. The summed E-state index contributed by atoms with van der Waals surface area (Å²) in [5, 5.41) is 2.67. The van der Waals surface area contributed by atoms with E-state index in [1.807, 2.05) is 30.3 Å². The minimum absolute atomic E-state index is 0.167. The number of nitrogens with one attached hydrogen (secondary N) is 1. The number of carbonyl (C=O) groups is 2. The van der Waals surface area contributed by atoms with Gasteiger partial charge in [0.1, 0.15) is 0 Å². The molecule has 4 rings (SSSR count). The van der Waals surface area contributed by atoms with Crippen molar-refractivity contribution >= 4 is 43.5 Å². The number of esters is 1. The summed E-state index contributed by atoms with van der Waals surface area (Å²) in [6, 6.07) is 22.0. The summed E-state index contributed by atoms with van der Waals surface area (Å²) in [6.07, 6.45) is 0.341. The molecule has 1 aliphatic heterocycles. The van der Waals surface area contributed by atoms with Crippen molar-refractivity contribution < 1.29 is 22.7 Å². The van der Waals surface area contributed by atoms with Gasteiger partial charge in [0.05, 0.1) is 23.0 Å². The summed E-state index contributed by atoms with van der Waals surface area (Å²) in [4.78, 5) is 25.1. The zero-order valence-electron chi connectivity index (χ0n) is 18.2. The normalized spacial score (nSPS) is 15.9. The molecule has 34 heavy (non-hydrogen) atoms. The molecule has 0 saturated carbocycles. The summed E-state index contributed by atoms with van der Waals surface area (Å²) in [5.41, 5.74) is 2.32. The fourth-order valence-electron chi connectivity index (χ4n) is 3.97. The maximum absolute atomic E-state index is 13.4. The van der Waals surface area contributed by atoms with E-state index in [0.717, 1.165) is 11.1 Å². The van der Waals surface area contributed by atoms with E-state index in [2.05, 4.69) is 21.2 Å². The van der Waals surface area contributed by atoms with Crippen molar-refractivity contribution in [1.82, 2.24) is 4.31 Å². The van der Waals surface area contributed by atoms with Crippen molar-refractivity contribution in [1.29, 1.82) is 0 Å². The zero-order valence-corrected chi connectivity index (χ0v) is 20.6. The van der Waals surface area contributed by atoms with Gasteiger partial charge >= 0.3 is 5.97 Å². The van der Waals surface area contributed by atoms with Crippen LogP contribution in [0.4, 0.5) is 5.69 Å². The summed E-state index contributed by atoms with van der Waals surface area (Å²) in [5.74, 6) is -1.14. The van der Waals surface area contributed by atoms with Gasteiger partial charge in [-0.15, -0.1) is 0 Å². The molecular weight excluding hydrogens is 520 g/mol. The quantitative estimate of drug-likeness (QED) is 0.449. The smallest absolute Gasteiger partial charge is 0.308 e. The van der Waals surface area contributed by atoms with Crippen LogP contribution in [0.1, 0.15) is 23.6 Å². The largest absolute Gasteiger partial charge is 0.456 e. The standard InChI is InChI=1S/C25H23BrN2O5S/c26-21-12-6-7-13-22(21)27-24(29)17-33-25(30)16-23-20-11-5-4-8-18(20)14-15-28(23)34(31,32)19-9-2-1-3-10-19/h1-13,23H,14-17H2,(H,27,29). The summed E-state index contributed by atoms with van der Waals surface area (Å²) >= 11 is 3.35. The van der Waals surface area contributed by atoms with Gasteiger partial charge in [0, 0.05) is 11.0 Å². The van der Waals surface area contributed by atoms with Gasteiger partial charge in [-0.25, -0.2) is 8.42 Å². The SMILES string of the molecule is O=C(COC(=O)CC1c2ccccc2CCN1S(=O)(=O)c1ccccc1)Nc1ccccc1Br. The molecule has 1 aliphatic rings. The molecule has 0 saturated heterocycles. The van der Waals surface area contributed by atoms with Crippen molar-refractivity contribution in [2.45, 2.75) is 23.8 Å². The Morgan fingerprint density at radius 2 is 1.65 bits per heavy atom. The predicted molar refractivity (Wildman–Crippen MR) is 132 cm³/mol. The third-order valence-electron chi connectivity index (χ3n) is 5.59. The summed E-state index contributed by atoms with van der Waals surface area (Å²) < 4.78 is 34.1. The number of para-hydroxylation sites is 1. The Balaban J connectivity index is 1.49. The van der Waals surface area contributed by atoms with Crippen molar-refractivity contribution in [2.75, 3.05) is 18.5 Å². The second-order valence-electron chi connectivity index (χ2n) is 7.79. The number of amides is 1. The van der Waals surface area contributed by atoms with E-state index in [0.29, 0.717) is 16.6 Å². The van der Waals surface area contributed by atoms with Crippen LogP contribution < -0.4 is 5.32 Å². The number of sulfonamides is 1. The van der Waals surface area contributed by atoms with Crippen molar-refractivity contribution in [2.24, 2.45) is 0 Å². The van der Waals surface area contributed by atoms with Crippen LogP contribution >= 0.6 is 15.9 Å². The van der Waals surface area contributed by atoms with E-state index in [9.17, 15) is 18.0 Å². The van der Waals surface area contributed by atoms with E-state index in [1.165, 1.54) is 16.4 Å². The van der Waals surface area contributed by atoms with E-state index >= 15 is 0 Å². The summed E-state index contributed by atoms with van der Waals surface area (Å²) in [7, 11) is -3.84. The van der Waals surface area contributed by atoms with Crippen molar-refractivity contribution in [3.63, 3.8) is 0 Å². The Labute approximate surface area is 206 Å². The van der Waals surface area contributed by atoms with Gasteiger partial charge < -0.3 is 10.1 Å². The van der Waals surface area contributed by atoms with Crippen LogP contribution in [0, 0.1) is 0 Å². The molecule has 3 aromatic rings. The minimum atomic E-state index is -3.84. The molecule has 0 radical (unpaired) electrons. The van der Waals surface area contributed by atoms with E-state index < -0.39 is 34.5 Å². The van der Waals surface area contributed by atoms with Crippen LogP contribution in [-0.2, 0) is 30.8 Å². The van der Waals surface area contributed by atoms with E-state index in [4.69, 9.17) is 4.74 Å². The predicted octanol–water partition coefficient (Wildman–Crippen LogP) is 4.31. The minimum Gasteiger partial charge on any atom is -0.456 e. The van der Waals surface area contributed by atoms with Gasteiger partial charge in [-0.05, 0) is 57.7 Å². The molecule has 0 spiro atoms. The fourth-order valence-corrected chi connectivity index (χ4v) is 5.98. The fraction of sp³-hybridized carbons (Fsp3) is 0.200. The number of benzene rings is 3. The van der Waals surface area contributed by atoms with Crippen LogP contribution in [0.2, 0.25) is 0 Å². The first-order valence-corrected chi connectivity index (χ1v) is 12.9. The van der Waals surface area contributed by atoms with Gasteiger partial charge in [-0.1, -0.05) is 54.6 Å². The molecule has 0 aromatic heterocycles. The third kappa shape index (κ3) is 5.38. The first-order chi connectivity index (χ1) is 16.4. The van der Waals surface area contributed by atoms with Gasteiger partial charge in [0.2, 0.25) is 10.0 Å². The Morgan fingerprint density at radius 3 is 2.41 bits per heavy atom. The average molecular weight is 543 g/mol. The lowest BCUT2D eigenvalue weighted by atomic mass is 9.92. The molecule has 0 fully saturated rings. The van der Waals surface area contributed by atoms with Crippen molar-refractivity contribution in [3.05, 3.63) is 94.5 Å². The van der Waals surface area contributed by atoms with E-state index in [-0.39, 0.29) is 17.9 Å². The molecule has 0 aliphatic carbocycles. The Kier molecular flexibility index (Phi) is 7.45. The molecule has 1 heterocycles. The third-order valence-corrected chi connectivity index (χ3v) is 8.20. The molecule has 1 unspecified atom stereocenters. The number of anilines is 1. The number of rotatable bonds is 7. The van der Waals surface area contributed by atoms with Crippen LogP contribution in [0.3, 0.4) is 0 Å². The van der Waals surface area contributed by atoms with Crippen LogP contribution in [0.5, 0.6) is 0 Å². The molecule has 1 N–H and O–H groups in total. The lowest BCUT2D eigenvalue weighted by molar-refractivity contribution is -0.148. The Bertz CT molecular complexity index is 1300. The lowest BCUT2D eigenvalue weighted by Crippen LogP contribution is -2.41. The molecule has 1 amide bonds. The highest BCUT2D eigenvalue weighted by Gasteiger charge is 2.37.